The van der Waals surface area contributed by atoms with Crippen LogP contribution >= 0.6 is 0 Å². The van der Waals surface area contributed by atoms with E-state index in [2.05, 4.69) is 170 Å². The number of hydrogen-bond acceptors (Lipinski definition) is 2. The van der Waals surface area contributed by atoms with E-state index in [0.29, 0.717) is 0 Å². The van der Waals surface area contributed by atoms with E-state index >= 15 is 0 Å². The minimum atomic E-state index is -0.0610. The maximum atomic E-state index is 5.52. The molecule has 0 radical (unpaired) electrons. The number of rotatable bonds is 3. The van der Waals surface area contributed by atoms with E-state index < -0.39 is 0 Å². The Morgan fingerprint density at radius 1 is 0.423 bits per heavy atom. The zero-order chi connectivity index (χ0) is 34.6. The largest absolute Gasteiger partial charge is 0.291 e. The summed E-state index contributed by atoms with van der Waals surface area (Å²) in [5, 5.41) is 7.33. The quantitative estimate of drug-likeness (QED) is 0.176. The molecule has 8 aromatic carbocycles. The monoisotopic (exact) mass is 663 g/mol. The van der Waals surface area contributed by atoms with Crippen molar-refractivity contribution in [1.82, 2.24) is 14.5 Å². The topological polar surface area (TPSA) is 30.7 Å². The minimum Gasteiger partial charge on any atom is -0.291 e. The van der Waals surface area contributed by atoms with E-state index in [-0.39, 0.29) is 5.41 Å². The number of fused-ring (bicyclic) bond motifs is 12. The number of hydrogen-bond donors (Lipinski definition) is 0. The van der Waals surface area contributed by atoms with E-state index in [4.69, 9.17) is 9.97 Å². The van der Waals surface area contributed by atoms with Crippen LogP contribution in [-0.2, 0) is 5.41 Å². The van der Waals surface area contributed by atoms with Crippen molar-refractivity contribution in [2.75, 3.05) is 0 Å². The van der Waals surface area contributed by atoms with Crippen LogP contribution in [0.3, 0.4) is 0 Å². The van der Waals surface area contributed by atoms with Gasteiger partial charge in [-0.25, -0.2) is 9.97 Å². The number of aromatic nitrogens is 3. The van der Waals surface area contributed by atoms with Crippen molar-refractivity contribution in [1.29, 1.82) is 0 Å². The molecule has 52 heavy (non-hydrogen) atoms. The molecule has 244 valence electrons. The summed E-state index contributed by atoms with van der Waals surface area (Å²) in [5.74, 6) is 0.824. The maximum absolute atomic E-state index is 5.52. The molecule has 0 spiro atoms. The normalized spacial score (nSPS) is 13.3. The second-order valence-electron chi connectivity index (χ2n) is 14.5. The van der Waals surface area contributed by atoms with Gasteiger partial charge in [-0.05, 0) is 62.2 Å². The number of para-hydroxylation sites is 3. The molecule has 10 aromatic rings. The van der Waals surface area contributed by atoms with Crippen LogP contribution in [0.4, 0.5) is 0 Å². The summed E-state index contributed by atoms with van der Waals surface area (Å²) in [7, 11) is 0. The molecule has 1 aliphatic carbocycles. The Morgan fingerprint density at radius 2 is 1.02 bits per heavy atom. The van der Waals surface area contributed by atoms with Gasteiger partial charge < -0.3 is 0 Å². The third-order valence-corrected chi connectivity index (χ3v) is 11.4. The van der Waals surface area contributed by atoms with Crippen molar-refractivity contribution in [3.8, 4) is 39.3 Å². The van der Waals surface area contributed by atoms with Gasteiger partial charge in [-0.3, -0.25) is 4.57 Å². The number of benzene rings is 8. The van der Waals surface area contributed by atoms with Crippen molar-refractivity contribution in [2.24, 2.45) is 0 Å². The van der Waals surface area contributed by atoms with Crippen molar-refractivity contribution in [3.05, 3.63) is 175 Å². The highest BCUT2D eigenvalue weighted by Crippen LogP contribution is 2.51. The Kier molecular flexibility index (Phi) is 6.01. The molecular formula is C49H33N3. The summed E-state index contributed by atoms with van der Waals surface area (Å²) in [5.41, 5.74) is 13.6. The summed E-state index contributed by atoms with van der Waals surface area (Å²) in [4.78, 5) is 10.9. The van der Waals surface area contributed by atoms with Crippen LogP contribution in [0.1, 0.15) is 25.0 Å². The average molecular weight is 664 g/mol. The summed E-state index contributed by atoms with van der Waals surface area (Å²) in [6.07, 6.45) is 0. The zero-order valence-corrected chi connectivity index (χ0v) is 28.9. The highest BCUT2D eigenvalue weighted by Gasteiger charge is 2.35. The molecule has 3 heteroatoms. The molecule has 0 unspecified atom stereocenters. The molecule has 0 saturated carbocycles. The van der Waals surface area contributed by atoms with Gasteiger partial charge in [-0.2, -0.15) is 0 Å². The van der Waals surface area contributed by atoms with Crippen LogP contribution in [0.2, 0.25) is 0 Å². The third kappa shape index (κ3) is 3.96. The predicted molar refractivity (Wildman–Crippen MR) is 217 cm³/mol. The molecule has 1 aliphatic rings. The molecule has 0 aliphatic heterocycles. The first kappa shape index (κ1) is 29.2. The molecule has 11 rings (SSSR count). The fraction of sp³-hybridized carbons (Fsp3) is 0.0612. The second-order valence-corrected chi connectivity index (χ2v) is 14.5. The highest BCUT2D eigenvalue weighted by atomic mass is 15.1. The Bertz CT molecular complexity index is 3100. The van der Waals surface area contributed by atoms with Crippen LogP contribution in [0.15, 0.2) is 164 Å². The predicted octanol–water partition coefficient (Wildman–Crippen LogP) is 12.7. The standard InChI is InChI=1S/C49H33N3/c1-49(2)40-24-11-10-19-35(40)39-29-31(27-28-41(39)49)32-22-14-23-38-44-36-20-8-6-17-33(36)34-18-7-9-21-37(34)47(44)52(46(32)38)48-45(30-15-4-3-5-16-30)50-42-25-12-13-26-43(42)51-48/h3-29H,1-2H3. The first-order valence-electron chi connectivity index (χ1n) is 18.0. The number of nitrogens with zero attached hydrogens (tertiary/aromatic N) is 3. The van der Waals surface area contributed by atoms with E-state index in [1.165, 1.54) is 65.7 Å². The van der Waals surface area contributed by atoms with Gasteiger partial charge in [-0.1, -0.05) is 159 Å². The van der Waals surface area contributed by atoms with Gasteiger partial charge in [0.15, 0.2) is 5.82 Å². The van der Waals surface area contributed by atoms with Gasteiger partial charge in [0.1, 0.15) is 5.69 Å². The van der Waals surface area contributed by atoms with E-state index in [1.54, 1.807) is 0 Å². The fourth-order valence-corrected chi connectivity index (χ4v) is 8.99. The molecule has 0 atom stereocenters. The van der Waals surface area contributed by atoms with Crippen LogP contribution in [-0.4, -0.2) is 14.5 Å². The van der Waals surface area contributed by atoms with Gasteiger partial charge in [0.05, 0.1) is 22.1 Å². The molecule has 2 heterocycles. The van der Waals surface area contributed by atoms with Crippen LogP contribution in [0, 0.1) is 0 Å². The van der Waals surface area contributed by atoms with E-state index in [0.717, 1.165) is 39.1 Å². The van der Waals surface area contributed by atoms with E-state index in [9.17, 15) is 0 Å². The third-order valence-electron chi connectivity index (χ3n) is 11.4. The molecule has 0 fully saturated rings. The molecule has 2 aromatic heterocycles. The van der Waals surface area contributed by atoms with Gasteiger partial charge in [0.25, 0.3) is 0 Å². The Hall–Kier alpha value is -6.58. The molecular weight excluding hydrogens is 631 g/mol. The van der Waals surface area contributed by atoms with Crippen molar-refractivity contribution >= 4 is 54.4 Å². The molecule has 0 amide bonds. The van der Waals surface area contributed by atoms with Crippen molar-refractivity contribution in [2.45, 2.75) is 19.3 Å². The lowest BCUT2D eigenvalue weighted by atomic mass is 9.82. The van der Waals surface area contributed by atoms with Gasteiger partial charge in [0.2, 0.25) is 0 Å². The Balaban J connectivity index is 1.35. The first-order valence-corrected chi connectivity index (χ1v) is 18.0. The minimum absolute atomic E-state index is 0.0610. The summed E-state index contributed by atoms with van der Waals surface area (Å²) in [6, 6.07) is 59.2. The summed E-state index contributed by atoms with van der Waals surface area (Å²) >= 11 is 0. The Labute approximate surface area is 301 Å². The molecule has 0 N–H and O–H groups in total. The van der Waals surface area contributed by atoms with E-state index in [1.807, 2.05) is 12.1 Å². The zero-order valence-electron chi connectivity index (χ0n) is 28.9. The molecule has 3 nitrogen and oxygen atoms in total. The smallest absolute Gasteiger partial charge is 0.165 e. The van der Waals surface area contributed by atoms with Gasteiger partial charge in [0, 0.05) is 32.7 Å². The lowest BCUT2D eigenvalue weighted by Crippen LogP contribution is -2.14. The Morgan fingerprint density at radius 3 is 1.83 bits per heavy atom. The van der Waals surface area contributed by atoms with Gasteiger partial charge >= 0.3 is 0 Å². The summed E-state index contributed by atoms with van der Waals surface area (Å²) in [6.45, 7) is 4.69. The first-order chi connectivity index (χ1) is 25.6. The molecule has 0 bridgehead atoms. The van der Waals surface area contributed by atoms with Crippen molar-refractivity contribution in [3.63, 3.8) is 0 Å². The maximum Gasteiger partial charge on any atom is 0.165 e. The summed E-state index contributed by atoms with van der Waals surface area (Å²) < 4.78 is 2.43. The SMILES string of the molecule is CC1(C)c2ccccc2-c2cc(-c3cccc4c5c6ccccc6c6ccccc6c5n(-c5nc6ccccc6nc5-c5ccccc5)c34)ccc21. The van der Waals surface area contributed by atoms with Crippen LogP contribution in [0.25, 0.3) is 93.7 Å². The highest BCUT2D eigenvalue weighted by molar-refractivity contribution is 6.33. The second kappa shape index (κ2) is 10.7. The van der Waals surface area contributed by atoms with Crippen molar-refractivity contribution < 1.29 is 0 Å². The molecule has 0 saturated heterocycles. The lowest BCUT2D eigenvalue weighted by Gasteiger charge is -2.21. The van der Waals surface area contributed by atoms with Crippen LogP contribution in [0.5, 0.6) is 0 Å². The van der Waals surface area contributed by atoms with Gasteiger partial charge in [-0.15, -0.1) is 0 Å². The fourth-order valence-electron chi connectivity index (χ4n) is 8.99. The average Bonchev–Trinajstić information content (AvgIpc) is 3.67. The lowest BCUT2D eigenvalue weighted by molar-refractivity contribution is 0.660. The van der Waals surface area contributed by atoms with Crippen LogP contribution < -0.4 is 0 Å².